The lowest BCUT2D eigenvalue weighted by molar-refractivity contribution is -0.141. The number of aromatic nitrogens is 1. The summed E-state index contributed by atoms with van der Waals surface area (Å²) in [7, 11) is 1.77. The van der Waals surface area contributed by atoms with Crippen LogP contribution >= 0.6 is 0 Å². The molecule has 17 heavy (non-hydrogen) atoms. The first kappa shape index (κ1) is 13.7. The molecule has 0 unspecified atom stereocenters. The Bertz CT molecular complexity index is 336. The zero-order valence-electron chi connectivity index (χ0n) is 10.8. The van der Waals surface area contributed by atoms with E-state index in [4.69, 9.17) is 10.3 Å². The Kier molecular flexibility index (Phi) is 4.69. The third kappa shape index (κ3) is 2.85. The molecule has 0 aliphatic heterocycles. The first-order valence-corrected chi connectivity index (χ1v) is 5.94. The van der Waals surface area contributed by atoms with E-state index < -0.39 is 5.41 Å². The zero-order valence-corrected chi connectivity index (χ0v) is 10.8. The Morgan fingerprint density at radius 3 is 2.59 bits per heavy atom. The van der Waals surface area contributed by atoms with Gasteiger partial charge in [0, 0.05) is 19.7 Å². The van der Waals surface area contributed by atoms with Crippen molar-refractivity contribution in [3.8, 4) is 0 Å². The maximum atomic E-state index is 12.4. The second-order valence-corrected chi connectivity index (χ2v) is 4.34. The predicted octanol–water partition coefficient (Wildman–Crippen LogP) is 1.40. The average Bonchev–Trinajstić information content (AvgIpc) is 2.84. The van der Waals surface area contributed by atoms with E-state index in [1.165, 1.54) is 6.26 Å². The third-order valence-electron chi connectivity index (χ3n) is 3.44. The molecule has 0 saturated carbocycles. The summed E-state index contributed by atoms with van der Waals surface area (Å²) in [4.78, 5) is 14.0. The van der Waals surface area contributed by atoms with E-state index in [1.807, 2.05) is 13.8 Å². The minimum atomic E-state index is -0.446. The summed E-state index contributed by atoms with van der Waals surface area (Å²) in [6.45, 7) is 4.83. The van der Waals surface area contributed by atoms with Crippen molar-refractivity contribution in [1.29, 1.82) is 0 Å². The van der Waals surface area contributed by atoms with Crippen molar-refractivity contribution in [1.82, 2.24) is 10.1 Å². The van der Waals surface area contributed by atoms with Crippen LogP contribution in [0.15, 0.2) is 16.9 Å². The molecule has 96 valence electrons. The van der Waals surface area contributed by atoms with E-state index in [2.05, 4.69) is 5.16 Å². The molecular weight excluding hydrogens is 218 g/mol. The molecule has 0 spiro atoms. The van der Waals surface area contributed by atoms with Gasteiger partial charge in [-0.3, -0.25) is 4.79 Å². The van der Waals surface area contributed by atoms with Gasteiger partial charge in [0.2, 0.25) is 5.91 Å². The minimum Gasteiger partial charge on any atom is -0.364 e. The topological polar surface area (TPSA) is 72.4 Å². The number of nitrogens with two attached hydrogens (primary N) is 1. The molecule has 1 amide bonds. The number of hydrogen-bond donors (Lipinski definition) is 1. The van der Waals surface area contributed by atoms with Crippen molar-refractivity contribution < 1.29 is 9.32 Å². The van der Waals surface area contributed by atoms with Crippen LogP contribution in [0.2, 0.25) is 0 Å². The van der Waals surface area contributed by atoms with Gasteiger partial charge >= 0.3 is 0 Å². The lowest BCUT2D eigenvalue weighted by Crippen LogP contribution is -2.45. The molecule has 0 aliphatic carbocycles. The average molecular weight is 239 g/mol. The molecule has 1 heterocycles. The highest BCUT2D eigenvalue weighted by Crippen LogP contribution is 2.27. The second kappa shape index (κ2) is 5.82. The highest BCUT2D eigenvalue weighted by Gasteiger charge is 2.35. The molecule has 0 saturated heterocycles. The van der Waals surface area contributed by atoms with Gasteiger partial charge < -0.3 is 15.2 Å². The number of hydrogen-bond acceptors (Lipinski definition) is 4. The van der Waals surface area contributed by atoms with Crippen LogP contribution in [0.3, 0.4) is 0 Å². The number of amides is 1. The summed E-state index contributed by atoms with van der Waals surface area (Å²) >= 11 is 0. The van der Waals surface area contributed by atoms with Crippen molar-refractivity contribution in [3.05, 3.63) is 18.0 Å². The molecule has 0 aliphatic rings. The van der Waals surface area contributed by atoms with Gasteiger partial charge in [-0.2, -0.15) is 0 Å². The molecule has 0 bridgehead atoms. The number of carbonyl (C=O) groups is 1. The molecule has 0 fully saturated rings. The fourth-order valence-electron chi connectivity index (χ4n) is 1.97. The third-order valence-corrected chi connectivity index (χ3v) is 3.44. The van der Waals surface area contributed by atoms with E-state index >= 15 is 0 Å². The Morgan fingerprint density at radius 2 is 2.18 bits per heavy atom. The second-order valence-electron chi connectivity index (χ2n) is 4.34. The maximum absolute atomic E-state index is 12.4. The van der Waals surface area contributed by atoms with E-state index in [0.29, 0.717) is 13.1 Å². The molecule has 5 heteroatoms. The highest BCUT2D eigenvalue weighted by molar-refractivity contribution is 5.82. The van der Waals surface area contributed by atoms with Crippen molar-refractivity contribution in [2.45, 2.75) is 33.2 Å². The van der Waals surface area contributed by atoms with Crippen LogP contribution in [0.4, 0.5) is 0 Å². The quantitative estimate of drug-likeness (QED) is 0.814. The zero-order chi connectivity index (χ0) is 12.9. The van der Waals surface area contributed by atoms with Crippen LogP contribution in [0.1, 0.15) is 32.4 Å². The van der Waals surface area contributed by atoms with Gasteiger partial charge in [0.1, 0.15) is 12.0 Å². The maximum Gasteiger partial charge on any atom is 0.230 e. The molecule has 0 radical (unpaired) electrons. The van der Waals surface area contributed by atoms with Crippen LogP contribution in [0, 0.1) is 5.41 Å². The summed E-state index contributed by atoms with van der Waals surface area (Å²) in [6.07, 6.45) is 3.01. The largest absolute Gasteiger partial charge is 0.364 e. The predicted molar refractivity (Wildman–Crippen MR) is 65.0 cm³/mol. The van der Waals surface area contributed by atoms with Gasteiger partial charge in [0.15, 0.2) is 0 Å². The lowest BCUT2D eigenvalue weighted by Gasteiger charge is -2.32. The Hall–Kier alpha value is -1.36. The number of rotatable bonds is 6. The smallest absolute Gasteiger partial charge is 0.230 e. The fraction of sp³-hybridized carbons (Fsp3) is 0.667. The monoisotopic (exact) mass is 239 g/mol. The summed E-state index contributed by atoms with van der Waals surface area (Å²) in [5.74, 6) is 0.0769. The van der Waals surface area contributed by atoms with Crippen LogP contribution in [-0.2, 0) is 11.3 Å². The fourth-order valence-corrected chi connectivity index (χ4v) is 1.97. The summed E-state index contributed by atoms with van der Waals surface area (Å²) in [5.41, 5.74) is 6.06. The summed E-state index contributed by atoms with van der Waals surface area (Å²) in [5, 5.41) is 3.80. The van der Waals surface area contributed by atoms with E-state index in [9.17, 15) is 4.79 Å². The van der Waals surface area contributed by atoms with Crippen molar-refractivity contribution in [2.24, 2.45) is 11.1 Å². The molecule has 0 atom stereocenters. The Balaban J connectivity index is 2.74. The van der Waals surface area contributed by atoms with Gasteiger partial charge in [0.05, 0.1) is 12.0 Å². The lowest BCUT2D eigenvalue weighted by atomic mass is 9.81. The van der Waals surface area contributed by atoms with Crippen molar-refractivity contribution in [3.63, 3.8) is 0 Å². The van der Waals surface area contributed by atoms with Crippen molar-refractivity contribution >= 4 is 5.91 Å². The minimum absolute atomic E-state index is 0.0769. The standard InChI is InChI=1S/C12H21N3O2/c1-4-12(5-2,9-13)11(16)15(3)8-10-6-7-17-14-10/h6-7H,4-5,8-9,13H2,1-3H3. The molecule has 5 nitrogen and oxygen atoms in total. The van der Waals surface area contributed by atoms with Crippen molar-refractivity contribution in [2.75, 3.05) is 13.6 Å². The normalized spacial score (nSPS) is 11.5. The first-order chi connectivity index (χ1) is 8.09. The van der Waals surface area contributed by atoms with Crippen LogP contribution in [-0.4, -0.2) is 29.6 Å². The summed E-state index contributed by atoms with van der Waals surface area (Å²) in [6, 6.07) is 1.76. The van der Waals surface area contributed by atoms with E-state index in [0.717, 1.165) is 18.5 Å². The Labute approximate surface area is 102 Å². The van der Waals surface area contributed by atoms with Crippen LogP contribution < -0.4 is 5.73 Å². The molecule has 2 N–H and O–H groups in total. The molecule has 1 aromatic heterocycles. The van der Waals surface area contributed by atoms with Gasteiger partial charge in [-0.1, -0.05) is 19.0 Å². The van der Waals surface area contributed by atoms with Gasteiger partial charge in [-0.25, -0.2) is 0 Å². The molecule has 1 rings (SSSR count). The molecule has 0 aromatic carbocycles. The Morgan fingerprint density at radius 1 is 1.53 bits per heavy atom. The first-order valence-electron chi connectivity index (χ1n) is 5.94. The number of carbonyl (C=O) groups excluding carboxylic acids is 1. The molecule has 1 aromatic rings. The summed E-state index contributed by atoms with van der Waals surface area (Å²) < 4.78 is 4.75. The number of nitrogens with zero attached hydrogens (tertiary/aromatic N) is 2. The SMILES string of the molecule is CCC(CC)(CN)C(=O)N(C)Cc1ccon1. The van der Waals surface area contributed by atoms with E-state index in [1.54, 1.807) is 18.0 Å². The molecular formula is C12H21N3O2. The van der Waals surface area contributed by atoms with Gasteiger partial charge in [0.25, 0.3) is 0 Å². The highest BCUT2D eigenvalue weighted by atomic mass is 16.5. The van der Waals surface area contributed by atoms with Crippen LogP contribution in [0.25, 0.3) is 0 Å². The van der Waals surface area contributed by atoms with E-state index in [-0.39, 0.29) is 5.91 Å². The van der Waals surface area contributed by atoms with Crippen LogP contribution in [0.5, 0.6) is 0 Å². The van der Waals surface area contributed by atoms with Gasteiger partial charge in [-0.05, 0) is 12.8 Å². The van der Waals surface area contributed by atoms with Gasteiger partial charge in [-0.15, -0.1) is 0 Å².